The van der Waals surface area contributed by atoms with E-state index in [9.17, 15) is 0 Å². The van der Waals surface area contributed by atoms with Crippen molar-refractivity contribution in [1.82, 2.24) is 4.90 Å². The van der Waals surface area contributed by atoms with E-state index in [1.54, 1.807) is 0 Å². The lowest BCUT2D eigenvalue weighted by atomic mass is 9.82. The van der Waals surface area contributed by atoms with Crippen molar-refractivity contribution in [2.45, 2.75) is 40.5 Å². The summed E-state index contributed by atoms with van der Waals surface area (Å²) >= 11 is 0. The van der Waals surface area contributed by atoms with Gasteiger partial charge in [0.15, 0.2) is 0 Å². The first-order valence-corrected chi connectivity index (χ1v) is 5.23. The van der Waals surface area contributed by atoms with Crippen molar-refractivity contribution >= 4 is 5.84 Å². The van der Waals surface area contributed by atoms with E-state index in [1.165, 1.54) is 6.42 Å². The molecule has 0 spiro atoms. The standard InChI is InChI=1S/C11H22N2/c1-9(11(2,3)4)8-13-7-5-6-10(13)12/h9,12H,5-8H2,1-4H3. The molecule has 1 N–H and O–H groups in total. The van der Waals surface area contributed by atoms with Gasteiger partial charge in [-0.1, -0.05) is 27.7 Å². The number of hydrogen-bond acceptors (Lipinski definition) is 1. The van der Waals surface area contributed by atoms with E-state index in [1.807, 2.05) is 0 Å². The van der Waals surface area contributed by atoms with Crippen molar-refractivity contribution in [1.29, 1.82) is 5.41 Å². The maximum atomic E-state index is 7.73. The SMILES string of the molecule is CC(CN1CCCC1=N)C(C)(C)C. The Morgan fingerprint density at radius 3 is 2.46 bits per heavy atom. The van der Waals surface area contributed by atoms with Crippen molar-refractivity contribution in [2.75, 3.05) is 13.1 Å². The third-order valence-electron chi connectivity index (χ3n) is 3.20. The van der Waals surface area contributed by atoms with E-state index < -0.39 is 0 Å². The van der Waals surface area contributed by atoms with E-state index in [-0.39, 0.29) is 0 Å². The molecule has 0 radical (unpaired) electrons. The highest BCUT2D eigenvalue weighted by atomic mass is 15.2. The predicted molar refractivity (Wildman–Crippen MR) is 57.2 cm³/mol. The molecule has 2 nitrogen and oxygen atoms in total. The van der Waals surface area contributed by atoms with Gasteiger partial charge in [-0.3, -0.25) is 5.41 Å². The summed E-state index contributed by atoms with van der Waals surface area (Å²) < 4.78 is 0. The number of nitrogens with one attached hydrogen (secondary N) is 1. The lowest BCUT2D eigenvalue weighted by Crippen LogP contribution is -2.34. The summed E-state index contributed by atoms with van der Waals surface area (Å²) in [4.78, 5) is 2.23. The van der Waals surface area contributed by atoms with E-state index in [4.69, 9.17) is 5.41 Å². The third kappa shape index (κ3) is 2.71. The smallest absolute Gasteiger partial charge is 0.0958 e. The predicted octanol–water partition coefficient (Wildman–Crippen LogP) is 2.74. The Labute approximate surface area is 81.8 Å². The van der Waals surface area contributed by atoms with E-state index in [0.29, 0.717) is 11.3 Å². The molecule has 1 atom stereocenters. The second kappa shape index (κ2) is 3.69. The van der Waals surface area contributed by atoms with Crippen molar-refractivity contribution in [2.24, 2.45) is 11.3 Å². The lowest BCUT2D eigenvalue weighted by molar-refractivity contribution is 0.214. The van der Waals surface area contributed by atoms with Gasteiger partial charge in [-0.05, 0) is 17.8 Å². The lowest BCUT2D eigenvalue weighted by Gasteiger charge is -2.31. The Hall–Kier alpha value is -0.530. The van der Waals surface area contributed by atoms with Crippen LogP contribution in [0.4, 0.5) is 0 Å². The molecule has 1 saturated heterocycles. The highest BCUT2D eigenvalue weighted by Crippen LogP contribution is 2.27. The summed E-state index contributed by atoms with van der Waals surface area (Å²) in [5.74, 6) is 1.50. The van der Waals surface area contributed by atoms with E-state index in [0.717, 1.165) is 25.3 Å². The molecule has 0 saturated carbocycles. The van der Waals surface area contributed by atoms with Gasteiger partial charge in [0.25, 0.3) is 0 Å². The maximum Gasteiger partial charge on any atom is 0.0958 e. The van der Waals surface area contributed by atoms with Crippen LogP contribution >= 0.6 is 0 Å². The largest absolute Gasteiger partial charge is 0.360 e. The van der Waals surface area contributed by atoms with Crippen molar-refractivity contribution in [3.8, 4) is 0 Å². The zero-order valence-electron chi connectivity index (χ0n) is 9.35. The molecule has 76 valence electrons. The average molecular weight is 182 g/mol. The fourth-order valence-electron chi connectivity index (χ4n) is 1.54. The van der Waals surface area contributed by atoms with Crippen LogP contribution in [0, 0.1) is 16.7 Å². The van der Waals surface area contributed by atoms with E-state index in [2.05, 4.69) is 32.6 Å². The first-order valence-electron chi connectivity index (χ1n) is 5.23. The Bertz CT molecular complexity index is 191. The number of nitrogens with zero attached hydrogens (tertiary/aromatic N) is 1. The number of amidine groups is 1. The average Bonchev–Trinajstić information content (AvgIpc) is 2.34. The molecule has 1 rings (SSSR count). The van der Waals surface area contributed by atoms with Crippen LogP contribution in [0.5, 0.6) is 0 Å². The zero-order valence-corrected chi connectivity index (χ0v) is 9.35. The van der Waals surface area contributed by atoms with E-state index >= 15 is 0 Å². The van der Waals surface area contributed by atoms with Crippen LogP contribution < -0.4 is 0 Å². The summed E-state index contributed by atoms with van der Waals surface area (Å²) in [7, 11) is 0. The van der Waals surface area contributed by atoms with Gasteiger partial charge in [0.05, 0.1) is 5.84 Å². The van der Waals surface area contributed by atoms with Crippen LogP contribution in [-0.2, 0) is 0 Å². The molecule has 0 aliphatic carbocycles. The van der Waals surface area contributed by atoms with Crippen LogP contribution in [0.15, 0.2) is 0 Å². The summed E-state index contributed by atoms with van der Waals surface area (Å²) in [6.45, 7) is 11.3. The van der Waals surface area contributed by atoms with Gasteiger partial charge < -0.3 is 4.90 Å². The topological polar surface area (TPSA) is 27.1 Å². The van der Waals surface area contributed by atoms with Gasteiger partial charge >= 0.3 is 0 Å². The molecule has 2 heteroatoms. The summed E-state index contributed by atoms with van der Waals surface area (Å²) in [6.07, 6.45) is 2.16. The Balaban J connectivity index is 2.44. The van der Waals surface area contributed by atoms with Gasteiger partial charge in [-0.15, -0.1) is 0 Å². The normalized spacial score (nSPS) is 20.9. The third-order valence-corrected chi connectivity index (χ3v) is 3.20. The monoisotopic (exact) mass is 182 g/mol. The number of likely N-dealkylation sites (tertiary alicyclic amines) is 1. The minimum Gasteiger partial charge on any atom is -0.360 e. The second-order valence-corrected chi connectivity index (χ2v) is 5.26. The molecule has 1 unspecified atom stereocenters. The number of rotatable bonds is 2. The van der Waals surface area contributed by atoms with Crippen LogP contribution in [0.2, 0.25) is 0 Å². The van der Waals surface area contributed by atoms with Gasteiger partial charge in [0.2, 0.25) is 0 Å². The fourth-order valence-corrected chi connectivity index (χ4v) is 1.54. The molecule has 1 aliphatic rings. The molecule has 0 bridgehead atoms. The molecular weight excluding hydrogens is 160 g/mol. The molecule has 0 aromatic heterocycles. The summed E-state index contributed by atoms with van der Waals surface area (Å²) in [6, 6.07) is 0. The van der Waals surface area contributed by atoms with Crippen LogP contribution in [-0.4, -0.2) is 23.8 Å². The first-order chi connectivity index (χ1) is 5.91. The molecule has 0 amide bonds. The van der Waals surface area contributed by atoms with Crippen LogP contribution in [0.25, 0.3) is 0 Å². The molecule has 0 aromatic carbocycles. The van der Waals surface area contributed by atoms with Gasteiger partial charge in [-0.25, -0.2) is 0 Å². The maximum absolute atomic E-state index is 7.73. The molecule has 1 heterocycles. The van der Waals surface area contributed by atoms with Gasteiger partial charge in [0, 0.05) is 19.5 Å². The van der Waals surface area contributed by atoms with Crippen LogP contribution in [0.1, 0.15) is 40.5 Å². The quantitative estimate of drug-likeness (QED) is 0.698. The molecular formula is C11H22N2. The minimum absolute atomic E-state index is 0.364. The Kier molecular flexibility index (Phi) is 2.99. The van der Waals surface area contributed by atoms with Crippen molar-refractivity contribution in [3.63, 3.8) is 0 Å². The minimum atomic E-state index is 0.364. The van der Waals surface area contributed by atoms with Gasteiger partial charge in [0.1, 0.15) is 0 Å². The molecule has 1 fully saturated rings. The summed E-state index contributed by atoms with van der Waals surface area (Å²) in [5.41, 5.74) is 0.364. The molecule has 13 heavy (non-hydrogen) atoms. The van der Waals surface area contributed by atoms with Crippen LogP contribution in [0.3, 0.4) is 0 Å². The zero-order chi connectivity index (χ0) is 10.1. The Morgan fingerprint density at radius 2 is 2.08 bits per heavy atom. The molecule has 1 aliphatic heterocycles. The number of hydrogen-bond donors (Lipinski definition) is 1. The second-order valence-electron chi connectivity index (χ2n) is 5.26. The summed E-state index contributed by atoms with van der Waals surface area (Å²) in [5, 5.41) is 7.73. The van der Waals surface area contributed by atoms with Gasteiger partial charge in [-0.2, -0.15) is 0 Å². The Morgan fingerprint density at radius 1 is 1.46 bits per heavy atom. The van der Waals surface area contributed by atoms with Crippen molar-refractivity contribution < 1.29 is 0 Å². The highest BCUT2D eigenvalue weighted by Gasteiger charge is 2.25. The molecule has 0 aromatic rings. The highest BCUT2D eigenvalue weighted by molar-refractivity contribution is 5.80. The van der Waals surface area contributed by atoms with Crippen molar-refractivity contribution in [3.05, 3.63) is 0 Å². The fraction of sp³-hybridized carbons (Fsp3) is 0.909. The first kappa shape index (κ1) is 10.6.